The van der Waals surface area contributed by atoms with Crippen LogP contribution in [-0.2, 0) is 4.79 Å². The minimum absolute atomic E-state index is 0.0522. The number of carbonyl (C=O) groups excluding carboxylic acids is 2. The summed E-state index contributed by atoms with van der Waals surface area (Å²) in [4.78, 5) is 28.5. The number of rotatable bonds is 5. The Hall–Kier alpha value is -2.97. The maximum Gasteiger partial charge on any atom is 0.289 e. The Morgan fingerprint density at radius 2 is 1.86 bits per heavy atom. The SMILES string of the molecule is CC(Oc1ccccc1F)C(=O)NNC(=O)c1csc(-c2ccc(Cl)cc2)n1. The summed E-state index contributed by atoms with van der Waals surface area (Å²) < 4.78 is 18.8. The first-order valence-corrected chi connectivity index (χ1v) is 9.42. The molecule has 0 bridgehead atoms. The minimum Gasteiger partial charge on any atom is -0.478 e. The van der Waals surface area contributed by atoms with Crippen molar-refractivity contribution in [3.63, 3.8) is 0 Å². The van der Waals surface area contributed by atoms with Crippen LogP contribution in [0.5, 0.6) is 5.75 Å². The molecule has 2 N–H and O–H groups in total. The maximum absolute atomic E-state index is 13.6. The van der Waals surface area contributed by atoms with Crippen molar-refractivity contribution in [2.75, 3.05) is 0 Å². The highest BCUT2D eigenvalue weighted by molar-refractivity contribution is 7.13. The van der Waals surface area contributed by atoms with E-state index in [0.29, 0.717) is 10.0 Å². The lowest BCUT2D eigenvalue weighted by molar-refractivity contribution is -0.128. The van der Waals surface area contributed by atoms with Crippen LogP contribution in [0.4, 0.5) is 4.39 Å². The molecule has 0 aliphatic rings. The third-order valence-electron chi connectivity index (χ3n) is 3.64. The van der Waals surface area contributed by atoms with Crippen molar-refractivity contribution in [1.82, 2.24) is 15.8 Å². The number of hydrogen-bond acceptors (Lipinski definition) is 5. The lowest BCUT2D eigenvalue weighted by Crippen LogP contribution is -2.47. The zero-order chi connectivity index (χ0) is 20.1. The summed E-state index contributed by atoms with van der Waals surface area (Å²) in [5.74, 6) is -1.85. The molecule has 0 radical (unpaired) electrons. The van der Waals surface area contributed by atoms with Gasteiger partial charge in [0, 0.05) is 16.0 Å². The molecule has 0 saturated heterocycles. The predicted octanol–water partition coefficient (Wildman–Crippen LogP) is 3.83. The van der Waals surface area contributed by atoms with Crippen LogP contribution < -0.4 is 15.6 Å². The number of para-hydroxylation sites is 1. The number of carbonyl (C=O) groups is 2. The second kappa shape index (κ2) is 8.81. The summed E-state index contributed by atoms with van der Waals surface area (Å²) in [6.07, 6.45) is -1.02. The van der Waals surface area contributed by atoms with Crippen LogP contribution in [0.15, 0.2) is 53.9 Å². The average molecular weight is 420 g/mol. The van der Waals surface area contributed by atoms with Gasteiger partial charge in [0.25, 0.3) is 11.8 Å². The molecule has 0 spiro atoms. The lowest BCUT2D eigenvalue weighted by Gasteiger charge is -2.15. The van der Waals surface area contributed by atoms with Gasteiger partial charge in [0.15, 0.2) is 17.7 Å². The number of nitrogens with zero attached hydrogens (tertiary/aromatic N) is 1. The van der Waals surface area contributed by atoms with Crippen molar-refractivity contribution in [2.45, 2.75) is 13.0 Å². The molecule has 0 saturated carbocycles. The third-order valence-corrected chi connectivity index (χ3v) is 4.78. The molecule has 2 amide bonds. The number of hydrazine groups is 1. The van der Waals surface area contributed by atoms with E-state index in [1.54, 1.807) is 35.7 Å². The van der Waals surface area contributed by atoms with Crippen LogP contribution >= 0.6 is 22.9 Å². The highest BCUT2D eigenvalue weighted by atomic mass is 35.5. The van der Waals surface area contributed by atoms with Gasteiger partial charge in [0.2, 0.25) is 0 Å². The Morgan fingerprint density at radius 1 is 1.14 bits per heavy atom. The smallest absolute Gasteiger partial charge is 0.289 e. The molecular formula is C19H15ClFN3O3S. The molecule has 3 rings (SSSR count). The highest BCUT2D eigenvalue weighted by Crippen LogP contribution is 2.25. The van der Waals surface area contributed by atoms with Gasteiger partial charge in [0.05, 0.1) is 0 Å². The fourth-order valence-corrected chi connectivity index (χ4v) is 3.10. The van der Waals surface area contributed by atoms with Gasteiger partial charge in [0.1, 0.15) is 10.7 Å². The van der Waals surface area contributed by atoms with Crippen LogP contribution in [0.1, 0.15) is 17.4 Å². The molecule has 0 aliphatic heterocycles. The summed E-state index contributed by atoms with van der Waals surface area (Å²) in [6.45, 7) is 1.44. The molecule has 9 heteroatoms. The minimum atomic E-state index is -1.02. The van der Waals surface area contributed by atoms with E-state index < -0.39 is 23.7 Å². The monoisotopic (exact) mass is 419 g/mol. The summed E-state index contributed by atoms with van der Waals surface area (Å²) in [5, 5.41) is 2.82. The number of halogens is 2. The second-order valence-electron chi connectivity index (χ2n) is 5.68. The van der Waals surface area contributed by atoms with E-state index in [1.165, 1.54) is 36.5 Å². The molecule has 1 unspecified atom stereocenters. The molecule has 1 heterocycles. The summed E-state index contributed by atoms with van der Waals surface area (Å²) in [5.41, 5.74) is 5.48. The first kappa shape index (κ1) is 19.8. The van der Waals surface area contributed by atoms with Gasteiger partial charge in [-0.05, 0) is 31.2 Å². The fraction of sp³-hybridized carbons (Fsp3) is 0.105. The van der Waals surface area contributed by atoms with Gasteiger partial charge in [-0.3, -0.25) is 20.4 Å². The van der Waals surface area contributed by atoms with Crippen LogP contribution in [-0.4, -0.2) is 22.9 Å². The van der Waals surface area contributed by atoms with E-state index in [2.05, 4.69) is 15.8 Å². The molecule has 1 aromatic heterocycles. The van der Waals surface area contributed by atoms with E-state index in [1.807, 2.05) is 0 Å². The van der Waals surface area contributed by atoms with Gasteiger partial charge in [-0.1, -0.05) is 35.9 Å². The number of amides is 2. The van der Waals surface area contributed by atoms with Crippen molar-refractivity contribution in [1.29, 1.82) is 0 Å². The number of hydrogen-bond donors (Lipinski definition) is 2. The van der Waals surface area contributed by atoms with Gasteiger partial charge < -0.3 is 4.74 Å². The summed E-state index contributed by atoms with van der Waals surface area (Å²) >= 11 is 7.15. The third kappa shape index (κ3) is 4.85. The molecule has 0 fully saturated rings. The van der Waals surface area contributed by atoms with Gasteiger partial charge >= 0.3 is 0 Å². The maximum atomic E-state index is 13.6. The zero-order valence-electron chi connectivity index (χ0n) is 14.6. The largest absolute Gasteiger partial charge is 0.478 e. The Morgan fingerprint density at radius 3 is 2.57 bits per heavy atom. The number of nitrogens with one attached hydrogen (secondary N) is 2. The van der Waals surface area contributed by atoms with Crippen LogP contribution in [0.3, 0.4) is 0 Å². The van der Waals surface area contributed by atoms with Crippen molar-refractivity contribution in [2.24, 2.45) is 0 Å². The van der Waals surface area contributed by atoms with Crippen LogP contribution in [0.2, 0.25) is 5.02 Å². The zero-order valence-corrected chi connectivity index (χ0v) is 16.2. The number of benzene rings is 2. The van der Waals surface area contributed by atoms with Crippen molar-refractivity contribution >= 4 is 34.8 Å². The molecular weight excluding hydrogens is 405 g/mol. The van der Waals surface area contributed by atoms with Crippen LogP contribution in [0.25, 0.3) is 10.6 Å². The van der Waals surface area contributed by atoms with E-state index in [-0.39, 0.29) is 11.4 Å². The second-order valence-corrected chi connectivity index (χ2v) is 6.97. The van der Waals surface area contributed by atoms with E-state index in [4.69, 9.17) is 16.3 Å². The van der Waals surface area contributed by atoms with Gasteiger partial charge in [-0.2, -0.15) is 0 Å². The van der Waals surface area contributed by atoms with Crippen molar-refractivity contribution in [3.05, 3.63) is 70.4 Å². The molecule has 2 aromatic carbocycles. The topological polar surface area (TPSA) is 80.3 Å². The molecule has 3 aromatic rings. The van der Waals surface area contributed by atoms with E-state index in [9.17, 15) is 14.0 Å². The molecule has 0 aliphatic carbocycles. The Kier molecular flexibility index (Phi) is 6.23. The number of thiazole rings is 1. The first-order chi connectivity index (χ1) is 13.4. The fourth-order valence-electron chi connectivity index (χ4n) is 2.17. The normalized spacial score (nSPS) is 11.5. The van der Waals surface area contributed by atoms with Gasteiger partial charge in [-0.25, -0.2) is 9.37 Å². The quantitative estimate of drug-likeness (QED) is 0.616. The predicted molar refractivity (Wildman–Crippen MR) is 105 cm³/mol. The summed E-state index contributed by atoms with van der Waals surface area (Å²) in [7, 11) is 0. The standard InChI is InChI=1S/C19H15ClFN3O3S/c1-11(27-16-5-3-2-4-14(16)21)17(25)23-24-18(26)15-10-28-19(22-15)12-6-8-13(20)9-7-12/h2-11H,1H3,(H,23,25)(H,24,26). The molecule has 144 valence electrons. The Labute approximate surface area is 169 Å². The highest BCUT2D eigenvalue weighted by Gasteiger charge is 2.18. The van der Waals surface area contributed by atoms with Crippen molar-refractivity contribution < 1.29 is 18.7 Å². The molecule has 1 atom stereocenters. The lowest BCUT2D eigenvalue weighted by atomic mass is 10.2. The van der Waals surface area contributed by atoms with Crippen LogP contribution in [0, 0.1) is 5.82 Å². The average Bonchev–Trinajstić information content (AvgIpc) is 3.18. The Balaban J connectivity index is 1.55. The van der Waals surface area contributed by atoms with Gasteiger partial charge in [-0.15, -0.1) is 11.3 Å². The van der Waals surface area contributed by atoms with E-state index >= 15 is 0 Å². The Bertz CT molecular complexity index is 994. The number of ether oxygens (including phenoxy) is 1. The molecule has 6 nitrogen and oxygen atoms in total. The van der Waals surface area contributed by atoms with Crippen molar-refractivity contribution in [3.8, 4) is 16.3 Å². The van der Waals surface area contributed by atoms with E-state index in [0.717, 1.165) is 5.56 Å². The number of aromatic nitrogens is 1. The first-order valence-electron chi connectivity index (χ1n) is 8.17. The summed E-state index contributed by atoms with van der Waals surface area (Å²) in [6, 6.07) is 12.8. The molecule has 28 heavy (non-hydrogen) atoms.